The molecule has 0 bridgehead atoms. The number of rotatable bonds is 7. The third-order valence-electron chi connectivity index (χ3n) is 13.4. The lowest BCUT2D eigenvalue weighted by Gasteiger charge is -2.16. The van der Waals surface area contributed by atoms with Gasteiger partial charge in [0.05, 0.1) is 22.8 Å². The van der Waals surface area contributed by atoms with E-state index in [1.54, 1.807) is 0 Å². The van der Waals surface area contributed by atoms with Crippen LogP contribution in [0.25, 0.3) is 78.9 Å². The summed E-state index contributed by atoms with van der Waals surface area (Å²) in [4.78, 5) is 20.8. The van der Waals surface area contributed by atoms with Crippen molar-refractivity contribution in [1.29, 1.82) is 0 Å². The molecule has 0 atom stereocenters. The summed E-state index contributed by atoms with van der Waals surface area (Å²) in [6.07, 6.45) is 0. The van der Waals surface area contributed by atoms with E-state index in [-0.39, 0.29) is 0 Å². The number of hydrogen-bond acceptors (Lipinski definition) is 4. The van der Waals surface area contributed by atoms with E-state index in [4.69, 9.17) is 19.9 Å². The molecule has 0 saturated carbocycles. The van der Waals surface area contributed by atoms with Gasteiger partial charge in [0.1, 0.15) is 0 Å². The summed E-state index contributed by atoms with van der Waals surface area (Å²) >= 11 is 0. The Labute approximate surface area is 356 Å². The molecule has 0 radical (unpaired) electrons. The maximum atomic E-state index is 5.21. The Balaban J connectivity index is 1.17. The van der Waals surface area contributed by atoms with Crippen molar-refractivity contribution in [2.24, 2.45) is 0 Å². The Bertz CT molecular complexity index is 2620. The molecule has 8 aromatic rings. The number of hydrogen-bond donors (Lipinski definition) is 0. The van der Waals surface area contributed by atoms with Crippen LogP contribution >= 0.6 is 0 Å². The summed E-state index contributed by atoms with van der Waals surface area (Å²) in [5.74, 6) is 1.43. The fourth-order valence-electron chi connectivity index (χ4n) is 8.26. The predicted molar refractivity (Wildman–Crippen MR) is 253 cm³/mol. The summed E-state index contributed by atoms with van der Waals surface area (Å²) in [7, 11) is 0. The van der Waals surface area contributed by atoms with Crippen LogP contribution in [0.3, 0.4) is 0 Å². The number of aryl methyl sites for hydroxylation is 4. The molecule has 0 aliphatic heterocycles. The van der Waals surface area contributed by atoms with Crippen molar-refractivity contribution in [3.63, 3.8) is 0 Å². The minimum atomic E-state index is 0.713. The molecule has 0 fully saturated rings. The summed E-state index contributed by atoms with van der Waals surface area (Å²) in [6.45, 7) is 26.2. The van der Waals surface area contributed by atoms with Crippen LogP contribution in [0.2, 0.25) is 0 Å². The summed E-state index contributed by atoms with van der Waals surface area (Å²) in [5.41, 5.74) is 27.7. The van der Waals surface area contributed by atoms with E-state index in [9.17, 15) is 0 Å². The van der Waals surface area contributed by atoms with E-state index in [2.05, 4.69) is 192 Å². The SMILES string of the molecule is Cc1ccc(-c2cc(-c3ccc(C)c(C)c3C)nc(-c3ccc(-c4ccc(-c5nc(-c6ccc(C)c(C)c6C)cc(-c6ccc(C)c(C)c6C)n5)cc4)cc3)n2)c(C)c1C. The van der Waals surface area contributed by atoms with Gasteiger partial charge in [-0.1, -0.05) is 97.1 Å². The second-order valence-corrected chi connectivity index (χ2v) is 16.8. The molecular formula is C56H54N4. The lowest BCUT2D eigenvalue weighted by molar-refractivity contribution is 1.16. The van der Waals surface area contributed by atoms with Crippen molar-refractivity contribution in [3.8, 4) is 78.9 Å². The highest BCUT2D eigenvalue weighted by Gasteiger charge is 2.18. The predicted octanol–water partition coefficient (Wildman–Crippen LogP) is 14.6. The van der Waals surface area contributed by atoms with E-state index in [0.29, 0.717) is 11.6 Å². The Morgan fingerprint density at radius 2 is 0.450 bits per heavy atom. The molecule has 4 heteroatoms. The molecule has 0 amide bonds. The molecular weight excluding hydrogens is 729 g/mol. The Kier molecular flexibility index (Phi) is 10.7. The number of aromatic nitrogens is 4. The van der Waals surface area contributed by atoms with E-state index >= 15 is 0 Å². The van der Waals surface area contributed by atoms with Crippen LogP contribution in [-0.4, -0.2) is 19.9 Å². The molecule has 0 aliphatic carbocycles. The largest absolute Gasteiger partial charge is 0.228 e. The standard InChI is InChI=1S/C56H54N4/c1-31-13-25-47(39(9)35(31)5)51-29-52(48-26-14-32(2)36(6)40(48)10)58-55(57-51)45-21-17-43(18-22-45)44-19-23-46(24-20-44)56-59-53(49-27-15-33(3)37(7)41(49)11)30-54(60-56)50-28-16-34(4)38(8)42(50)12/h13-30H,1-12H3. The van der Waals surface area contributed by atoms with Crippen LogP contribution < -0.4 is 0 Å². The molecule has 298 valence electrons. The van der Waals surface area contributed by atoms with Gasteiger partial charge in [0, 0.05) is 33.4 Å². The molecule has 4 nitrogen and oxygen atoms in total. The number of nitrogens with zero attached hydrogens (tertiary/aromatic N) is 4. The molecule has 0 saturated heterocycles. The zero-order valence-corrected chi connectivity index (χ0v) is 37.2. The molecule has 0 N–H and O–H groups in total. The van der Waals surface area contributed by atoms with Gasteiger partial charge >= 0.3 is 0 Å². The van der Waals surface area contributed by atoms with Gasteiger partial charge in [-0.15, -0.1) is 0 Å². The Hall–Kier alpha value is -6.52. The second-order valence-electron chi connectivity index (χ2n) is 16.8. The lowest BCUT2D eigenvalue weighted by Crippen LogP contribution is -2.00. The fraction of sp³-hybridized carbons (Fsp3) is 0.214. The van der Waals surface area contributed by atoms with Gasteiger partial charge in [-0.3, -0.25) is 0 Å². The zero-order valence-electron chi connectivity index (χ0n) is 37.2. The van der Waals surface area contributed by atoms with Crippen molar-refractivity contribution < 1.29 is 0 Å². The van der Waals surface area contributed by atoms with Crippen LogP contribution in [0, 0.1) is 83.1 Å². The first-order valence-electron chi connectivity index (χ1n) is 21.0. The lowest BCUT2D eigenvalue weighted by atomic mass is 9.94. The molecule has 2 aromatic heterocycles. The first-order chi connectivity index (χ1) is 28.7. The molecule has 60 heavy (non-hydrogen) atoms. The highest BCUT2D eigenvalue weighted by molar-refractivity contribution is 5.79. The van der Waals surface area contributed by atoms with Crippen molar-refractivity contribution in [1.82, 2.24) is 19.9 Å². The van der Waals surface area contributed by atoms with E-state index < -0.39 is 0 Å². The Morgan fingerprint density at radius 3 is 0.683 bits per heavy atom. The molecule has 0 spiro atoms. The van der Waals surface area contributed by atoms with Gasteiger partial charge < -0.3 is 0 Å². The van der Waals surface area contributed by atoms with Crippen molar-refractivity contribution in [2.75, 3.05) is 0 Å². The zero-order chi connectivity index (χ0) is 42.6. The fourth-order valence-corrected chi connectivity index (χ4v) is 8.26. The summed E-state index contributed by atoms with van der Waals surface area (Å²) < 4.78 is 0. The van der Waals surface area contributed by atoms with Crippen molar-refractivity contribution >= 4 is 0 Å². The van der Waals surface area contributed by atoms with Gasteiger partial charge in [0.2, 0.25) is 0 Å². The van der Waals surface area contributed by atoms with Gasteiger partial charge in [0.25, 0.3) is 0 Å². The highest BCUT2D eigenvalue weighted by Crippen LogP contribution is 2.36. The topological polar surface area (TPSA) is 51.6 Å². The molecule has 2 heterocycles. The average Bonchev–Trinajstić information content (AvgIpc) is 3.25. The van der Waals surface area contributed by atoms with Crippen LogP contribution in [-0.2, 0) is 0 Å². The number of benzene rings is 6. The second kappa shape index (κ2) is 15.9. The van der Waals surface area contributed by atoms with E-state index in [1.807, 2.05) is 0 Å². The minimum Gasteiger partial charge on any atom is -0.228 e. The molecule has 6 aromatic carbocycles. The quantitative estimate of drug-likeness (QED) is 0.162. The van der Waals surface area contributed by atoms with Gasteiger partial charge in [-0.05, 0) is 173 Å². The van der Waals surface area contributed by atoms with Gasteiger partial charge in [-0.25, -0.2) is 19.9 Å². The van der Waals surface area contributed by atoms with Crippen LogP contribution in [0.5, 0.6) is 0 Å². The van der Waals surface area contributed by atoms with Gasteiger partial charge in [0.15, 0.2) is 11.6 Å². The Morgan fingerprint density at radius 1 is 0.233 bits per heavy atom. The monoisotopic (exact) mass is 782 g/mol. The van der Waals surface area contributed by atoms with Crippen LogP contribution in [0.15, 0.2) is 109 Å². The molecule has 0 unspecified atom stereocenters. The smallest absolute Gasteiger partial charge is 0.160 e. The third kappa shape index (κ3) is 7.36. The summed E-state index contributed by atoms with van der Waals surface area (Å²) in [6, 6.07) is 39.1. The highest BCUT2D eigenvalue weighted by atomic mass is 14.9. The maximum absolute atomic E-state index is 5.21. The average molecular weight is 783 g/mol. The van der Waals surface area contributed by atoms with E-state index in [1.165, 1.54) is 66.8 Å². The first-order valence-corrected chi connectivity index (χ1v) is 21.0. The summed E-state index contributed by atoms with van der Waals surface area (Å²) in [5, 5.41) is 0. The van der Waals surface area contributed by atoms with Crippen molar-refractivity contribution in [3.05, 3.63) is 176 Å². The molecule has 8 rings (SSSR count). The van der Waals surface area contributed by atoms with Gasteiger partial charge in [-0.2, -0.15) is 0 Å². The van der Waals surface area contributed by atoms with Crippen molar-refractivity contribution in [2.45, 2.75) is 83.1 Å². The third-order valence-corrected chi connectivity index (χ3v) is 13.4. The minimum absolute atomic E-state index is 0.713. The van der Waals surface area contributed by atoms with Crippen LogP contribution in [0.1, 0.15) is 66.8 Å². The van der Waals surface area contributed by atoms with Crippen LogP contribution in [0.4, 0.5) is 0 Å². The molecule has 0 aliphatic rings. The normalized spacial score (nSPS) is 11.3. The van der Waals surface area contributed by atoms with E-state index in [0.717, 1.165) is 67.3 Å². The first kappa shape index (κ1) is 40.3. The maximum Gasteiger partial charge on any atom is 0.160 e.